The Labute approximate surface area is 215 Å². The van der Waals surface area contributed by atoms with Crippen molar-refractivity contribution in [2.75, 3.05) is 20.3 Å². The van der Waals surface area contributed by atoms with Gasteiger partial charge in [0.1, 0.15) is 6.61 Å². The molecule has 0 atom stereocenters. The number of benzene rings is 3. The Morgan fingerprint density at radius 1 is 0.865 bits per heavy atom. The molecule has 0 aromatic heterocycles. The van der Waals surface area contributed by atoms with E-state index in [2.05, 4.69) is 10.5 Å². The monoisotopic (exact) mass is 506 g/mol. The van der Waals surface area contributed by atoms with E-state index in [1.807, 2.05) is 13.8 Å². The smallest absolute Gasteiger partial charge is 0.335 e. The number of ether oxygens (including phenoxy) is 4. The highest BCUT2D eigenvalue weighted by Gasteiger charge is 2.11. The topological polar surface area (TPSA) is 116 Å². The van der Waals surface area contributed by atoms with Gasteiger partial charge < -0.3 is 24.1 Å². The minimum atomic E-state index is -0.978. The summed E-state index contributed by atoms with van der Waals surface area (Å²) in [6.07, 6.45) is 2.37. The molecule has 2 N–H and O–H groups in total. The summed E-state index contributed by atoms with van der Waals surface area (Å²) in [5.41, 5.74) is 4.62. The molecule has 3 aromatic rings. The molecule has 0 aliphatic carbocycles. The molecule has 0 saturated carbocycles. The standard InChI is InChI=1S/C28H30N2O7/c1-4-14-36-23-13-11-22(16-25(23)34-3)27(31)30-29-17-20-8-12-24(26(15-20)35-5-2)37-18-19-6-9-21(10-7-19)28(32)33/h6-13,15-17H,4-5,14,18H2,1-3H3,(H,30,31)(H,32,33)/b29-17+. The van der Waals surface area contributed by atoms with E-state index in [1.165, 1.54) is 25.5 Å². The molecule has 0 radical (unpaired) electrons. The molecule has 0 saturated heterocycles. The summed E-state index contributed by atoms with van der Waals surface area (Å²) in [7, 11) is 1.52. The van der Waals surface area contributed by atoms with Crippen LogP contribution in [0.25, 0.3) is 0 Å². The highest BCUT2D eigenvalue weighted by atomic mass is 16.5. The minimum Gasteiger partial charge on any atom is -0.493 e. The van der Waals surface area contributed by atoms with Crippen LogP contribution in [0, 0.1) is 0 Å². The lowest BCUT2D eigenvalue weighted by Gasteiger charge is -2.13. The molecule has 9 nitrogen and oxygen atoms in total. The first-order valence-electron chi connectivity index (χ1n) is 11.8. The Hall–Kier alpha value is -4.53. The predicted molar refractivity (Wildman–Crippen MR) is 139 cm³/mol. The molecule has 0 aliphatic rings. The molecule has 0 bridgehead atoms. The number of nitrogens with one attached hydrogen (secondary N) is 1. The second-order valence-corrected chi connectivity index (χ2v) is 7.84. The molecule has 3 aromatic carbocycles. The van der Waals surface area contributed by atoms with Crippen LogP contribution in [-0.2, 0) is 6.61 Å². The van der Waals surface area contributed by atoms with Gasteiger partial charge in [-0.15, -0.1) is 0 Å². The van der Waals surface area contributed by atoms with Crippen LogP contribution in [0.5, 0.6) is 23.0 Å². The fraction of sp³-hybridized carbons (Fsp3) is 0.250. The fourth-order valence-electron chi connectivity index (χ4n) is 3.27. The Morgan fingerprint density at radius 2 is 1.57 bits per heavy atom. The Kier molecular flexibility index (Phi) is 9.90. The van der Waals surface area contributed by atoms with Gasteiger partial charge in [-0.1, -0.05) is 19.1 Å². The summed E-state index contributed by atoms with van der Waals surface area (Å²) >= 11 is 0. The predicted octanol–water partition coefficient (Wildman–Crippen LogP) is 4.92. The lowest BCUT2D eigenvalue weighted by atomic mass is 10.1. The molecular weight excluding hydrogens is 476 g/mol. The van der Waals surface area contributed by atoms with Gasteiger partial charge in [-0.25, -0.2) is 10.2 Å². The number of aromatic carboxylic acids is 1. The molecule has 9 heteroatoms. The van der Waals surface area contributed by atoms with Crippen LogP contribution in [0.15, 0.2) is 65.8 Å². The van der Waals surface area contributed by atoms with Crippen molar-refractivity contribution in [2.45, 2.75) is 26.9 Å². The van der Waals surface area contributed by atoms with E-state index in [4.69, 9.17) is 24.1 Å². The van der Waals surface area contributed by atoms with Crippen molar-refractivity contribution in [1.29, 1.82) is 0 Å². The maximum atomic E-state index is 12.5. The first-order valence-corrected chi connectivity index (χ1v) is 11.8. The number of carbonyl (C=O) groups is 2. The van der Waals surface area contributed by atoms with Crippen molar-refractivity contribution in [3.8, 4) is 23.0 Å². The normalized spacial score (nSPS) is 10.7. The average molecular weight is 507 g/mol. The summed E-state index contributed by atoms with van der Waals surface area (Å²) in [5, 5.41) is 13.1. The largest absolute Gasteiger partial charge is 0.493 e. The second-order valence-electron chi connectivity index (χ2n) is 7.84. The fourth-order valence-corrected chi connectivity index (χ4v) is 3.27. The van der Waals surface area contributed by atoms with Gasteiger partial charge in [-0.2, -0.15) is 5.10 Å². The molecule has 0 fully saturated rings. The van der Waals surface area contributed by atoms with E-state index in [-0.39, 0.29) is 12.2 Å². The number of rotatable bonds is 13. The van der Waals surface area contributed by atoms with Gasteiger partial charge in [0.15, 0.2) is 23.0 Å². The number of carbonyl (C=O) groups excluding carboxylic acids is 1. The number of hydrazone groups is 1. The van der Waals surface area contributed by atoms with Gasteiger partial charge in [-0.05, 0) is 73.0 Å². The SMILES string of the molecule is CCCOc1ccc(C(=O)N/N=C/c2ccc(OCc3ccc(C(=O)O)cc3)c(OCC)c2)cc1OC. The van der Waals surface area contributed by atoms with Crippen molar-refractivity contribution in [2.24, 2.45) is 5.10 Å². The highest BCUT2D eigenvalue weighted by molar-refractivity contribution is 5.95. The van der Waals surface area contributed by atoms with Gasteiger partial charge in [0.2, 0.25) is 0 Å². The first kappa shape index (κ1) is 27.1. The minimum absolute atomic E-state index is 0.214. The third-order valence-electron chi connectivity index (χ3n) is 5.13. The van der Waals surface area contributed by atoms with Crippen LogP contribution in [0.4, 0.5) is 0 Å². The molecule has 0 spiro atoms. The molecule has 0 unspecified atom stereocenters. The van der Waals surface area contributed by atoms with Gasteiger partial charge in [0, 0.05) is 5.56 Å². The van der Waals surface area contributed by atoms with Gasteiger partial charge in [0.25, 0.3) is 5.91 Å². The number of nitrogens with zero attached hydrogens (tertiary/aromatic N) is 1. The van der Waals surface area contributed by atoms with E-state index in [1.54, 1.807) is 48.5 Å². The van der Waals surface area contributed by atoms with Crippen LogP contribution < -0.4 is 24.4 Å². The quantitative estimate of drug-likeness (QED) is 0.250. The first-order chi connectivity index (χ1) is 17.9. The third-order valence-corrected chi connectivity index (χ3v) is 5.13. The zero-order valence-corrected chi connectivity index (χ0v) is 21.0. The van der Waals surface area contributed by atoms with Gasteiger partial charge in [0.05, 0.1) is 32.1 Å². The van der Waals surface area contributed by atoms with Crippen molar-refractivity contribution in [3.63, 3.8) is 0 Å². The molecule has 37 heavy (non-hydrogen) atoms. The van der Waals surface area contributed by atoms with Crippen molar-refractivity contribution < 1.29 is 33.6 Å². The van der Waals surface area contributed by atoms with Crippen LogP contribution in [-0.4, -0.2) is 43.5 Å². The lowest BCUT2D eigenvalue weighted by molar-refractivity contribution is 0.0696. The second kappa shape index (κ2) is 13.5. The van der Waals surface area contributed by atoms with E-state index >= 15 is 0 Å². The van der Waals surface area contributed by atoms with Crippen LogP contribution >= 0.6 is 0 Å². The molecule has 0 heterocycles. The van der Waals surface area contributed by atoms with Gasteiger partial charge >= 0.3 is 5.97 Å². The Bertz CT molecular complexity index is 1240. The van der Waals surface area contributed by atoms with Crippen LogP contribution in [0.3, 0.4) is 0 Å². The molecular formula is C28H30N2O7. The number of hydrogen-bond acceptors (Lipinski definition) is 7. The summed E-state index contributed by atoms with van der Waals surface area (Å²) in [5.74, 6) is 0.729. The van der Waals surface area contributed by atoms with Crippen LogP contribution in [0.2, 0.25) is 0 Å². The van der Waals surface area contributed by atoms with Gasteiger partial charge in [-0.3, -0.25) is 4.79 Å². The lowest BCUT2D eigenvalue weighted by Crippen LogP contribution is -2.17. The number of carboxylic acid groups (broad SMARTS) is 1. The Morgan fingerprint density at radius 3 is 2.24 bits per heavy atom. The number of carboxylic acids is 1. The summed E-state index contributed by atoms with van der Waals surface area (Å²) in [6, 6.07) is 16.7. The zero-order valence-electron chi connectivity index (χ0n) is 21.0. The summed E-state index contributed by atoms with van der Waals surface area (Å²) in [6.45, 7) is 5.10. The van der Waals surface area contributed by atoms with E-state index < -0.39 is 11.9 Å². The van der Waals surface area contributed by atoms with Crippen molar-refractivity contribution in [3.05, 3.63) is 82.9 Å². The molecule has 3 rings (SSSR count). The van der Waals surface area contributed by atoms with E-state index in [0.29, 0.717) is 47.3 Å². The van der Waals surface area contributed by atoms with Crippen molar-refractivity contribution >= 4 is 18.1 Å². The van der Waals surface area contributed by atoms with E-state index in [0.717, 1.165) is 12.0 Å². The van der Waals surface area contributed by atoms with Crippen LogP contribution in [0.1, 0.15) is 52.1 Å². The summed E-state index contributed by atoms with van der Waals surface area (Å²) < 4.78 is 22.5. The highest BCUT2D eigenvalue weighted by Crippen LogP contribution is 2.29. The third kappa shape index (κ3) is 7.73. The maximum absolute atomic E-state index is 12.5. The van der Waals surface area contributed by atoms with E-state index in [9.17, 15) is 9.59 Å². The molecule has 194 valence electrons. The zero-order chi connectivity index (χ0) is 26.6. The number of hydrogen-bond donors (Lipinski definition) is 2. The average Bonchev–Trinajstić information content (AvgIpc) is 2.91. The number of methoxy groups -OCH3 is 1. The number of amides is 1. The molecule has 1 amide bonds. The Balaban J connectivity index is 1.63. The van der Waals surface area contributed by atoms with Crippen molar-refractivity contribution in [1.82, 2.24) is 5.43 Å². The summed E-state index contributed by atoms with van der Waals surface area (Å²) in [4.78, 5) is 23.5. The molecule has 0 aliphatic heterocycles. The maximum Gasteiger partial charge on any atom is 0.335 e.